The Balaban J connectivity index is 3.14. The minimum atomic E-state index is -0.460. The first kappa shape index (κ1) is 11.0. The summed E-state index contributed by atoms with van der Waals surface area (Å²) in [4.78, 5) is 15.3. The molecule has 0 atom stereocenters. The highest BCUT2D eigenvalue weighted by Gasteiger charge is 2.13. The monoisotopic (exact) mass is 259 g/mol. The number of aromatic nitrogens is 1. The zero-order valence-corrected chi connectivity index (χ0v) is 9.50. The smallest absolute Gasteiger partial charge is 0.357 e. The van der Waals surface area contributed by atoms with Crippen LogP contribution in [0.1, 0.15) is 16.1 Å². The van der Waals surface area contributed by atoms with Crippen LogP contribution in [0, 0.1) is 0 Å². The lowest BCUT2D eigenvalue weighted by atomic mass is 10.2. The van der Waals surface area contributed by atoms with Gasteiger partial charge in [0.1, 0.15) is 0 Å². The van der Waals surface area contributed by atoms with Crippen LogP contribution in [0.4, 0.5) is 0 Å². The predicted molar refractivity (Wildman–Crippen MR) is 54.8 cm³/mol. The molecular weight excluding hydrogens is 250 g/mol. The number of alkyl halides is 1. The van der Waals surface area contributed by atoms with E-state index in [0.717, 1.165) is 5.56 Å². The number of hydrogen-bond donors (Lipinski definition) is 0. The Hall–Kier alpha value is -1.10. The second-order valence-corrected chi connectivity index (χ2v) is 3.05. The van der Waals surface area contributed by atoms with Crippen molar-refractivity contribution in [3.63, 3.8) is 0 Å². The van der Waals surface area contributed by atoms with Gasteiger partial charge in [0.15, 0.2) is 5.69 Å². The maximum Gasteiger partial charge on any atom is 0.357 e. The molecule has 0 bridgehead atoms. The van der Waals surface area contributed by atoms with Crippen LogP contribution in [0.5, 0.6) is 5.88 Å². The molecule has 1 heterocycles. The van der Waals surface area contributed by atoms with E-state index in [0.29, 0.717) is 11.2 Å². The van der Waals surface area contributed by atoms with Gasteiger partial charge in [0.2, 0.25) is 5.88 Å². The van der Waals surface area contributed by atoms with E-state index in [1.54, 1.807) is 12.1 Å². The van der Waals surface area contributed by atoms with Crippen LogP contribution >= 0.6 is 15.9 Å². The van der Waals surface area contributed by atoms with Gasteiger partial charge in [-0.15, -0.1) is 0 Å². The van der Waals surface area contributed by atoms with Crippen molar-refractivity contribution in [2.24, 2.45) is 0 Å². The van der Waals surface area contributed by atoms with E-state index in [-0.39, 0.29) is 5.69 Å². The maximum absolute atomic E-state index is 11.3. The highest BCUT2D eigenvalue weighted by molar-refractivity contribution is 9.08. The van der Waals surface area contributed by atoms with Crippen LogP contribution in [0.15, 0.2) is 12.1 Å². The standard InChI is InChI=1S/C9H10BrNO3/c1-13-7-4-3-6(5-10)8(11-7)9(12)14-2/h3-4H,5H2,1-2H3. The van der Waals surface area contributed by atoms with Gasteiger partial charge in [0.05, 0.1) is 14.2 Å². The van der Waals surface area contributed by atoms with E-state index >= 15 is 0 Å². The molecule has 0 aliphatic rings. The van der Waals surface area contributed by atoms with Crippen molar-refractivity contribution in [2.45, 2.75) is 5.33 Å². The number of ether oxygens (including phenoxy) is 2. The Kier molecular flexibility index (Phi) is 3.88. The number of nitrogens with zero attached hydrogens (tertiary/aromatic N) is 1. The molecule has 1 aromatic heterocycles. The lowest BCUT2D eigenvalue weighted by molar-refractivity contribution is 0.0592. The largest absolute Gasteiger partial charge is 0.481 e. The van der Waals surface area contributed by atoms with E-state index in [1.807, 2.05) is 0 Å². The number of halogens is 1. The lowest BCUT2D eigenvalue weighted by Gasteiger charge is -2.05. The first-order valence-electron chi connectivity index (χ1n) is 3.91. The minimum absolute atomic E-state index is 0.281. The third-order valence-corrected chi connectivity index (χ3v) is 2.29. The molecule has 0 spiro atoms. The fourth-order valence-electron chi connectivity index (χ4n) is 0.965. The molecule has 0 aliphatic heterocycles. The minimum Gasteiger partial charge on any atom is -0.481 e. The van der Waals surface area contributed by atoms with Gasteiger partial charge in [-0.3, -0.25) is 0 Å². The van der Waals surface area contributed by atoms with Gasteiger partial charge in [-0.05, 0) is 5.56 Å². The molecule has 1 rings (SSSR count). The molecule has 0 saturated carbocycles. The van der Waals surface area contributed by atoms with E-state index in [4.69, 9.17) is 4.74 Å². The number of esters is 1. The third-order valence-electron chi connectivity index (χ3n) is 1.69. The molecule has 4 nitrogen and oxygen atoms in total. The Morgan fingerprint density at radius 2 is 2.21 bits per heavy atom. The number of methoxy groups -OCH3 is 2. The van der Waals surface area contributed by atoms with Gasteiger partial charge in [-0.2, -0.15) is 0 Å². The molecule has 14 heavy (non-hydrogen) atoms. The normalized spacial score (nSPS) is 9.64. The van der Waals surface area contributed by atoms with Crippen LogP contribution in [0.3, 0.4) is 0 Å². The molecular formula is C9H10BrNO3. The van der Waals surface area contributed by atoms with Gasteiger partial charge in [0, 0.05) is 11.4 Å². The second-order valence-electron chi connectivity index (χ2n) is 2.49. The average molecular weight is 260 g/mol. The van der Waals surface area contributed by atoms with Gasteiger partial charge in [-0.1, -0.05) is 22.0 Å². The van der Waals surface area contributed by atoms with Crippen LogP contribution in [0.25, 0.3) is 0 Å². The quantitative estimate of drug-likeness (QED) is 0.613. The predicted octanol–water partition coefficient (Wildman–Crippen LogP) is 1.77. The van der Waals surface area contributed by atoms with Crippen molar-refractivity contribution in [2.75, 3.05) is 14.2 Å². The number of rotatable bonds is 3. The van der Waals surface area contributed by atoms with Crippen LogP contribution in [-0.4, -0.2) is 25.2 Å². The number of pyridine rings is 1. The first-order chi connectivity index (χ1) is 6.72. The number of carbonyl (C=O) groups excluding carboxylic acids is 1. The summed E-state index contributed by atoms with van der Waals surface area (Å²) in [6, 6.07) is 3.47. The molecule has 5 heteroatoms. The van der Waals surface area contributed by atoms with E-state index < -0.39 is 5.97 Å². The molecule has 0 saturated heterocycles. The molecule has 0 N–H and O–H groups in total. The van der Waals surface area contributed by atoms with Crippen molar-refractivity contribution in [3.05, 3.63) is 23.4 Å². The third kappa shape index (κ3) is 2.23. The van der Waals surface area contributed by atoms with Gasteiger partial charge in [-0.25, -0.2) is 9.78 Å². The molecule has 0 amide bonds. The molecule has 1 aromatic rings. The summed E-state index contributed by atoms with van der Waals surface area (Å²) >= 11 is 3.26. The Labute approximate surface area is 90.4 Å². The molecule has 0 unspecified atom stereocenters. The van der Waals surface area contributed by atoms with Crippen molar-refractivity contribution >= 4 is 21.9 Å². The van der Waals surface area contributed by atoms with Gasteiger partial charge < -0.3 is 9.47 Å². The highest BCUT2D eigenvalue weighted by atomic mass is 79.9. The number of carbonyl (C=O) groups is 1. The maximum atomic E-state index is 11.3. The van der Waals surface area contributed by atoms with Crippen molar-refractivity contribution in [1.29, 1.82) is 0 Å². The van der Waals surface area contributed by atoms with Crippen molar-refractivity contribution in [1.82, 2.24) is 4.98 Å². The van der Waals surface area contributed by atoms with E-state index in [1.165, 1.54) is 14.2 Å². The molecule has 0 radical (unpaired) electrons. The second kappa shape index (κ2) is 4.95. The summed E-state index contributed by atoms with van der Waals surface area (Å²) in [5, 5.41) is 0.550. The summed E-state index contributed by atoms with van der Waals surface area (Å²) < 4.78 is 9.52. The molecule has 0 aromatic carbocycles. The molecule has 76 valence electrons. The summed E-state index contributed by atoms with van der Waals surface area (Å²) in [6.45, 7) is 0. The summed E-state index contributed by atoms with van der Waals surface area (Å²) in [5.74, 6) is -0.0616. The fourth-order valence-corrected chi connectivity index (χ4v) is 1.42. The van der Waals surface area contributed by atoms with Gasteiger partial charge >= 0.3 is 5.97 Å². The summed E-state index contributed by atoms with van der Waals surface area (Å²) in [7, 11) is 2.82. The average Bonchev–Trinajstić information content (AvgIpc) is 2.27. The first-order valence-corrected chi connectivity index (χ1v) is 5.03. The fraction of sp³-hybridized carbons (Fsp3) is 0.333. The Bertz CT molecular complexity index is 341. The van der Waals surface area contributed by atoms with Gasteiger partial charge in [0.25, 0.3) is 0 Å². The Morgan fingerprint density at radius 3 is 2.71 bits per heavy atom. The van der Waals surface area contributed by atoms with E-state index in [2.05, 4.69) is 25.7 Å². The zero-order chi connectivity index (χ0) is 10.6. The number of hydrogen-bond acceptors (Lipinski definition) is 4. The molecule has 0 fully saturated rings. The molecule has 0 aliphatic carbocycles. The van der Waals surface area contributed by atoms with E-state index in [9.17, 15) is 4.79 Å². The lowest BCUT2D eigenvalue weighted by Crippen LogP contribution is -2.08. The van der Waals surface area contributed by atoms with Crippen LogP contribution < -0.4 is 4.74 Å². The zero-order valence-electron chi connectivity index (χ0n) is 7.91. The summed E-state index contributed by atoms with van der Waals surface area (Å²) in [5.41, 5.74) is 1.06. The topological polar surface area (TPSA) is 48.4 Å². The van der Waals surface area contributed by atoms with Crippen molar-refractivity contribution in [3.8, 4) is 5.88 Å². The van der Waals surface area contributed by atoms with Crippen LogP contribution in [-0.2, 0) is 10.1 Å². The highest BCUT2D eigenvalue weighted by Crippen LogP contribution is 2.16. The Morgan fingerprint density at radius 1 is 1.50 bits per heavy atom. The van der Waals surface area contributed by atoms with Crippen molar-refractivity contribution < 1.29 is 14.3 Å². The van der Waals surface area contributed by atoms with Crippen LogP contribution in [0.2, 0.25) is 0 Å². The SMILES string of the molecule is COC(=O)c1nc(OC)ccc1CBr. The summed E-state index contributed by atoms with van der Waals surface area (Å²) in [6.07, 6.45) is 0.